The molecule has 0 saturated carbocycles. The second-order valence-electron chi connectivity index (χ2n) is 6.81. The Labute approximate surface area is 156 Å². The van der Waals surface area contributed by atoms with E-state index in [4.69, 9.17) is 0 Å². The third-order valence-electron chi connectivity index (χ3n) is 4.90. The van der Waals surface area contributed by atoms with Crippen molar-refractivity contribution in [1.29, 1.82) is 0 Å². The molecule has 2 N–H and O–H groups in total. The number of H-pyrrole nitrogens is 1. The van der Waals surface area contributed by atoms with Crippen LogP contribution in [0, 0.1) is 10.1 Å². The van der Waals surface area contributed by atoms with Gasteiger partial charge in [-0.15, -0.1) is 0 Å². The molecule has 138 valence electrons. The number of hydrogen-bond acceptors (Lipinski definition) is 4. The van der Waals surface area contributed by atoms with Crippen molar-refractivity contribution in [2.45, 2.75) is 0 Å². The summed E-state index contributed by atoms with van der Waals surface area (Å²) in [6, 6.07) is 12.6. The largest absolute Gasteiger partial charge is 0.334 e. The number of aromatic nitrogens is 2. The molecule has 0 atom stereocenters. The van der Waals surface area contributed by atoms with E-state index in [1.165, 1.54) is 11.0 Å². The molecule has 1 aliphatic rings. The molecule has 1 saturated heterocycles. The second kappa shape index (κ2) is 7.16. The van der Waals surface area contributed by atoms with Gasteiger partial charge >= 0.3 is 0 Å². The van der Waals surface area contributed by atoms with Gasteiger partial charge in [-0.25, -0.2) is 4.98 Å². The molecule has 1 aromatic carbocycles. The lowest BCUT2D eigenvalue weighted by Gasteiger charge is -2.27. The number of hydrazone groups is 1. The van der Waals surface area contributed by atoms with Crippen molar-refractivity contribution in [1.82, 2.24) is 9.99 Å². The van der Waals surface area contributed by atoms with Crippen molar-refractivity contribution in [2.75, 3.05) is 33.2 Å². The van der Waals surface area contributed by atoms with E-state index in [9.17, 15) is 10.1 Å². The van der Waals surface area contributed by atoms with Crippen LogP contribution in [0.25, 0.3) is 16.9 Å². The lowest BCUT2D eigenvalue weighted by Crippen LogP contribution is -3.11. The molecule has 4 rings (SSSR count). The minimum absolute atomic E-state index is 0.0712. The van der Waals surface area contributed by atoms with Crippen LogP contribution < -0.4 is 9.30 Å². The van der Waals surface area contributed by atoms with E-state index < -0.39 is 0 Å². The third kappa shape index (κ3) is 3.52. The first-order valence-corrected chi connectivity index (χ1v) is 8.99. The molecular weight excluding hydrogens is 344 g/mol. The van der Waals surface area contributed by atoms with Crippen molar-refractivity contribution in [2.24, 2.45) is 5.10 Å². The van der Waals surface area contributed by atoms with Crippen molar-refractivity contribution < 1.29 is 14.2 Å². The van der Waals surface area contributed by atoms with Crippen molar-refractivity contribution in [3.8, 4) is 11.4 Å². The molecule has 3 aromatic rings. The zero-order valence-corrected chi connectivity index (χ0v) is 15.1. The molecule has 0 aliphatic carbocycles. The average molecular weight is 366 g/mol. The predicted octanol–water partition coefficient (Wildman–Crippen LogP) is 0.493. The third-order valence-corrected chi connectivity index (χ3v) is 4.90. The van der Waals surface area contributed by atoms with Crippen LogP contribution in [0.15, 0.2) is 53.8 Å². The maximum Gasteiger partial charge on any atom is 0.292 e. The summed E-state index contributed by atoms with van der Waals surface area (Å²) in [5, 5.41) is 17.8. The molecule has 8 heteroatoms. The number of aromatic amines is 1. The first-order valence-electron chi connectivity index (χ1n) is 8.99. The highest BCUT2D eigenvalue weighted by Crippen LogP contribution is 2.21. The first kappa shape index (κ1) is 17.2. The summed E-state index contributed by atoms with van der Waals surface area (Å²) in [6.45, 7) is 4.03. The lowest BCUT2D eigenvalue weighted by molar-refractivity contribution is -0.884. The SMILES string of the molecule is C[NH+]1CCN(N=Cc2[nH]c(-c3cccc([N+](=O)[O-])c3)[n+]3ccccc23)CC1. The van der Waals surface area contributed by atoms with Crippen LogP contribution in [0.2, 0.25) is 0 Å². The number of piperazine rings is 1. The van der Waals surface area contributed by atoms with Crippen molar-refractivity contribution in [3.05, 3.63) is 64.5 Å². The fraction of sp³-hybridized carbons (Fsp3) is 0.263. The van der Waals surface area contributed by atoms with Gasteiger partial charge in [0.25, 0.3) is 11.5 Å². The molecule has 0 amide bonds. The number of fused-ring (bicyclic) bond motifs is 1. The number of rotatable bonds is 4. The van der Waals surface area contributed by atoms with E-state index >= 15 is 0 Å². The maximum absolute atomic E-state index is 11.1. The minimum Gasteiger partial charge on any atom is -0.334 e. The summed E-state index contributed by atoms with van der Waals surface area (Å²) >= 11 is 0. The topological polar surface area (TPSA) is 83.1 Å². The molecule has 27 heavy (non-hydrogen) atoms. The molecular formula is C19H22N6O2+2. The number of quaternary nitrogens is 1. The number of non-ortho nitro benzene ring substituents is 1. The highest BCUT2D eigenvalue weighted by atomic mass is 16.6. The van der Waals surface area contributed by atoms with Gasteiger partial charge < -0.3 is 4.90 Å². The van der Waals surface area contributed by atoms with Gasteiger partial charge in [0.15, 0.2) is 11.2 Å². The maximum atomic E-state index is 11.1. The molecule has 0 spiro atoms. The Balaban J connectivity index is 1.71. The van der Waals surface area contributed by atoms with E-state index in [0.717, 1.165) is 48.8 Å². The minimum atomic E-state index is -0.378. The zero-order chi connectivity index (χ0) is 18.8. The summed E-state index contributed by atoms with van der Waals surface area (Å²) < 4.78 is 1.99. The number of pyridine rings is 1. The van der Waals surface area contributed by atoms with Crippen LogP contribution in [-0.2, 0) is 0 Å². The average Bonchev–Trinajstić information content (AvgIpc) is 3.06. The van der Waals surface area contributed by atoms with Crippen LogP contribution in [0.3, 0.4) is 0 Å². The standard InChI is InChI=1S/C19H20N6O2/c1-22-9-11-23(12-10-22)20-14-17-18-7-2-3-8-24(18)19(21-17)15-5-4-6-16(13-15)25(26)27/h2-8,13-14H,9-12H2,1H3/p+2. The Morgan fingerprint density at radius 1 is 1.26 bits per heavy atom. The number of nitrogens with zero attached hydrogens (tertiary/aromatic N) is 4. The van der Waals surface area contributed by atoms with Gasteiger partial charge in [-0.2, -0.15) is 9.50 Å². The Bertz CT molecular complexity index is 1000. The Morgan fingerprint density at radius 3 is 2.85 bits per heavy atom. The van der Waals surface area contributed by atoms with Gasteiger partial charge in [0, 0.05) is 12.1 Å². The van der Waals surface area contributed by atoms with Crippen LogP contribution >= 0.6 is 0 Å². The van der Waals surface area contributed by atoms with E-state index in [2.05, 4.69) is 22.1 Å². The molecule has 2 aromatic heterocycles. The molecule has 3 heterocycles. The van der Waals surface area contributed by atoms with Crippen LogP contribution in [0.5, 0.6) is 0 Å². The van der Waals surface area contributed by atoms with E-state index in [1.807, 2.05) is 41.1 Å². The van der Waals surface area contributed by atoms with Gasteiger partial charge in [-0.05, 0) is 18.2 Å². The van der Waals surface area contributed by atoms with Crippen LogP contribution in [0.4, 0.5) is 5.69 Å². The van der Waals surface area contributed by atoms with Crippen molar-refractivity contribution in [3.63, 3.8) is 0 Å². The van der Waals surface area contributed by atoms with Crippen molar-refractivity contribution >= 4 is 17.4 Å². The molecule has 8 nitrogen and oxygen atoms in total. The summed E-state index contributed by atoms with van der Waals surface area (Å²) in [5.74, 6) is 0.790. The predicted molar refractivity (Wildman–Crippen MR) is 102 cm³/mol. The summed E-state index contributed by atoms with van der Waals surface area (Å²) in [7, 11) is 2.20. The fourth-order valence-corrected chi connectivity index (χ4v) is 3.32. The van der Waals surface area contributed by atoms with E-state index in [-0.39, 0.29) is 10.6 Å². The fourth-order valence-electron chi connectivity index (χ4n) is 3.32. The molecule has 0 radical (unpaired) electrons. The lowest BCUT2D eigenvalue weighted by atomic mass is 10.2. The molecule has 0 bridgehead atoms. The highest BCUT2D eigenvalue weighted by Gasteiger charge is 2.21. The normalized spacial score (nSPS) is 15.7. The number of hydrogen-bond donors (Lipinski definition) is 2. The zero-order valence-electron chi connectivity index (χ0n) is 15.1. The van der Waals surface area contributed by atoms with Gasteiger partial charge in [-0.1, -0.05) is 12.1 Å². The van der Waals surface area contributed by atoms with Gasteiger partial charge in [0.05, 0.1) is 56.1 Å². The second-order valence-corrected chi connectivity index (χ2v) is 6.81. The molecule has 1 fully saturated rings. The van der Waals surface area contributed by atoms with Gasteiger partial charge in [0.2, 0.25) is 0 Å². The molecule has 1 aliphatic heterocycles. The quantitative estimate of drug-likeness (QED) is 0.305. The smallest absolute Gasteiger partial charge is 0.292 e. The monoisotopic (exact) mass is 366 g/mol. The summed E-state index contributed by atoms with van der Waals surface area (Å²) in [5.41, 5.74) is 2.68. The number of likely N-dealkylation sites (N-methyl/N-ethyl adjacent to an activating group) is 1. The highest BCUT2D eigenvalue weighted by molar-refractivity contribution is 5.86. The Kier molecular flexibility index (Phi) is 4.55. The number of nitro benzene ring substituents is 1. The number of benzene rings is 1. The number of nitro groups is 1. The first-order chi connectivity index (χ1) is 13.1. The Morgan fingerprint density at radius 2 is 2.07 bits per heavy atom. The number of nitrogens with one attached hydrogen (secondary N) is 2. The summed E-state index contributed by atoms with van der Waals surface area (Å²) in [6.07, 6.45) is 3.79. The number of imidazole rings is 1. The van der Waals surface area contributed by atoms with Crippen LogP contribution in [-0.4, -0.2) is 54.4 Å². The Hall–Kier alpha value is -3.26. The van der Waals surface area contributed by atoms with E-state index in [0.29, 0.717) is 0 Å². The van der Waals surface area contributed by atoms with Gasteiger partial charge in [0.1, 0.15) is 0 Å². The van der Waals surface area contributed by atoms with E-state index in [1.54, 1.807) is 12.1 Å². The summed E-state index contributed by atoms with van der Waals surface area (Å²) in [4.78, 5) is 15.6. The van der Waals surface area contributed by atoms with Crippen LogP contribution in [0.1, 0.15) is 5.69 Å². The van der Waals surface area contributed by atoms with Gasteiger partial charge in [-0.3, -0.25) is 15.1 Å². The molecule has 0 unspecified atom stereocenters.